The van der Waals surface area contributed by atoms with E-state index in [4.69, 9.17) is 0 Å². The lowest BCUT2D eigenvalue weighted by Gasteiger charge is -2.03. The molecule has 0 aliphatic carbocycles. The van der Waals surface area contributed by atoms with E-state index in [1.54, 1.807) is 0 Å². The van der Waals surface area contributed by atoms with E-state index in [-0.39, 0.29) is 0 Å². The highest BCUT2D eigenvalue weighted by atomic mass is 16.2. The lowest BCUT2D eigenvalue weighted by Crippen LogP contribution is -2.24. The molecule has 0 unspecified atom stereocenters. The van der Waals surface area contributed by atoms with Gasteiger partial charge in [-0.2, -0.15) is 0 Å². The highest BCUT2D eigenvalue weighted by molar-refractivity contribution is 6.23. The first kappa shape index (κ1) is 17.1. The third kappa shape index (κ3) is 13.2. The van der Waals surface area contributed by atoms with Crippen molar-refractivity contribution in [3.05, 3.63) is 0 Å². The number of hydrogen-bond donors (Lipinski definition) is 1. The van der Waals surface area contributed by atoms with Crippen LogP contribution in [0.1, 0.15) is 77.6 Å². The fraction of sp³-hybridized carbons (Fsp3) is 0.867. The van der Waals surface area contributed by atoms with Crippen LogP contribution in [0, 0.1) is 0 Å². The van der Waals surface area contributed by atoms with Gasteiger partial charge in [0.2, 0.25) is 6.29 Å². The lowest BCUT2D eigenvalue weighted by atomic mass is 10.1. The van der Waals surface area contributed by atoms with Gasteiger partial charge < -0.3 is 5.32 Å². The number of carbonyl (C=O) groups is 2. The van der Waals surface area contributed by atoms with E-state index in [1.807, 2.05) is 0 Å². The zero-order valence-electron chi connectivity index (χ0n) is 11.9. The Morgan fingerprint density at radius 3 is 1.72 bits per heavy atom. The van der Waals surface area contributed by atoms with Gasteiger partial charge in [0.05, 0.1) is 0 Å². The van der Waals surface area contributed by atoms with Crippen LogP contribution in [0.15, 0.2) is 0 Å². The molecule has 1 amide bonds. The molecular formula is C15H29NO2. The Labute approximate surface area is 112 Å². The molecule has 0 rings (SSSR count). The molecule has 0 saturated heterocycles. The summed E-state index contributed by atoms with van der Waals surface area (Å²) in [5.74, 6) is -0.498. The van der Waals surface area contributed by atoms with Crippen LogP contribution < -0.4 is 5.32 Å². The Hall–Kier alpha value is -0.860. The molecule has 106 valence electrons. The molecule has 0 heterocycles. The largest absolute Gasteiger partial charge is 0.350 e. The summed E-state index contributed by atoms with van der Waals surface area (Å²) in [4.78, 5) is 20.6. The summed E-state index contributed by atoms with van der Waals surface area (Å²) in [7, 11) is 0. The molecule has 0 spiro atoms. The Bertz CT molecular complexity index is 205. The predicted octanol–water partition coefficient (Wildman–Crippen LogP) is 3.61. The summed E-state index contributed by atoms with van der Waals surface area (Å²) in [5, 5.41) is 2.56. The molecule has 0 aromatic heterocycles. The fourth-order valence-corrected chi connectivity index (χ4v) is 2.04. The second-order valence-corrected chi connectivity index (χ2v) is 4.94. The molecule has 3 nitrogen and oxygen atoms in total. The van der Waals surface area contributed by atoms with Crippen molar-refractivity contribution in [2.24, 2.45) is 0 Å². The topological polar surface area (TPSA) is 46.2 Å². The zero-order chi connectivity index (χ0) is 13.5. The molecule has 0 saturated carbocycles. The van der Waals surface area contributed by atoms with E-state index in [1.165, 1.54) is 57.8 Å². The van der Waals surface area contributed by atoms with Crippen molar-refractivity contribution in [3.8, 4) is 0 Å². The molecule has 0 bridgehead atoms. The van der Waals surface area contributed by atoms with Crippen LogP contribution >= 0.6 is 0 Å². The van der Waals surface area contributed by atoms with Crippen molar-refractivity contribution in [3.63, 3.8) is 0 Å². The summed E-state index contributed by atoms with van der Waals surface area (Å²) >= 11 is 0. The summed E-state index contributed by atoms with van der Waals surface area (Å²) in [6, 6.07) is 0. The standard InChI is InChI=1S/C15H29NO2/c1-2-3-4-5-6-7-8-9-10-11-12-13-16-15(18)14-17/h14H,2-13H2,1H3,(H,16,18). The van der Waals surface area contributed by atoms with Gasteiger partial charge in [-0.25, -0.2) is 0 Å². The van der Waals surface area contributed by atoms with Gasteiger partial charge in [-0.05, 0) is 6.42 Å². The highest BCUT2D eigenvalue weighted by Crippen LogP contribution is 2.10. The Balaban J connectivity index is 2.98. The van der Waals surface area contributed by atoms with Crippen LogP contribution in [-0.4, -0.2) is 18.7 Å². The first-order valence-electron chi connectivity index (χ1n) is 7.54. The number of unbranched alkanes of at least 4 members (excludes halogenated alkanes) is 10. The van der Waals surface area contributed by atoms with Crippen LogP contribution in [-0.2, 0) is 9.59 Å². The van der Waals surface area contributed by atoms with Crippen molar-refractivity contribution in [2.75, 3.05) is 6.54 Å². The van der Waals surface area contributed by atoms with Gasteiger partial charge >= 0.3 is 0 Å². The highest BCUT2D eigenvalue weighted by Gasteiger charge is 1.96. The van der Waals surface area contributed by atoms with Gasteiger partial charge in [0.25, 0.3) is 5.91 Å². The molecule has 0 aromatic carbocycles. The number of amides is 1. The molecule has 0 aromatic rings. The van der Waals surface area contributed by atoms with Gasteiger partial charge in [0, 0.05) is 6.54 Å². The van der Waals surface area contributed by atoms with Crippen LogP contribution in [0.2, 0.25) is 0 Å². The minimum Gasteiger partial charge on any atom is -0.350 e. The van der Waals surface area contributed by atoms with Crippen molar-refractivity contribution < 1.29 is 9.59 Å². The van der Waals surface area contributed by atoms with Crippen molar-refractivity contribution in [1.29, 1.82) is 0 Å². The van der Waals surface area contributed by atoms with E-state index in [9.17, 15) is 9.59 Å². The third-order valence-corrected chi connectivity index (χ3v) is 3.19. The maximum atomic E-state index is 10.6. The van der Waals surface area contributed by atoms with Gasteiger partial charge in [-0.3, -0.25) is 9.59 Å². The number of aldehydes is 1. The summed E-state index contributed by atoms with van der Waals surface area (Å²) in [6.45, 7) is 2.88. The molecule has 0 atom stereocenters. The monoisotopic (exact) mass is 255 g/mol. The predicted molar refractivity (Wildman–Crippen MR) is 75.5 cm³/mol. The first-order chi connectivity index (χ1) is 8.81. The van der Waals surface area contributed by atoms with Crippen LogP contribution in [0.4, 0.5) is 0 Å². The van der Waals surface area contributed by atoms with E-state index in [0.29, 0.717) is 12.8 Å². The SMILES string of the molecule is CCCCCCCCCCCCCNC(=O)C=O. The molecule has 18 heavy (non-hydrogen) atoms. The van der Waals surface area contributed by atoms with Gasteiger partial charge in [-0.15, -0.1) is 0 Å². The normalized spacial score (nSPS) is 10.3. The summed E-state index contributed by atoms with van der Waals surface area (Å²) < 4.78 is 0. The second-order valence-electron chi connectivity index (χ2n) is 4.94. The third-order valence-electron chi connectivity index (χ3n) is 3.19. The summed E-state index contributed by atoms with van der Waals surface area (Å²) in [5.41, 5.74) is 0. The quantitative estimate of drug-likeness (QED) is 0.310. The number of nitrogens with one attached hydrogen (secondary N) is 1. The van der Waals surface area contributed by atoms with Gasteiger partial charge in [0.15, 0.2) is 0 Å². The Morgan fingerprint density at radius 2 is 1.28 bits per heavy atom. The maximum Gasteiger partial charge on any atom is 0.284 e. The fourth-order valence-electron chi connectivity index (χ4n) is 2.04. The number of hydrogen-bond acceptors (Lipinski definition) is 2. The van der Waals surface area contributed by atoms with Crippen molar-refractivity contribution in [1.82, 2.24) is 5.32 Å². The number of carbonyl (C=O) groups excluding carboxylic acids is 2. The Morgan fingerprint density at radius 1 is 0.833 bits per heavy atom. The van der Waals surface area contributed by atoms with E-state index in [2.05, 4.69) is 12.2 Å². The smallest absolute Gasteiger partial charge is 0.284 e. The minimum atomic E-state index is -0.498. The minimum absolute atomic E-state index is 0.332. The number of rotatable bonds is 13. The lowest BCUT2D eigenvalue weighted by molar-refractivity contribution is -0.131. The van der Waals surface area contributed by atoms with E-state index < -0.39 is 5.91 Å². The first-order valence-corrected chi connectivity index (χ1v) is 7.54. The van der Waals surface area contributed by atoms with E-state index in [0.717, 1.165) is 12.8 Å². The Kier molecular flexibility index (Phi) is 13.5. The maximum absolute atomic E-state index is 10.6. The van der Waals surface area contributed by atoms with E-state index >= 15 is 0 Å². The average Bonchev–Trinajstić information content (AvgIpc) is 2.39. The van der Waals surface area contributed by atoms with Crippen molar-refractivity contribution >= 4 is 12.2 Å². The average molecular weight is 255 g/mol. The molecule has 0 aliphatic heterocycles. The second kappa shape index (κ2) is 14.2. The van der Waals surface area contributed by atoms with Crippen LogP contribution in [0.3, 0.4) is 0 Å². The molecule has 0 fully saturated rings. The van der Waals surface area contributed by atoms with Crippen LogP contribution in [0.25, 0.3) is 0 Å². The molecule has 3 heteroatoms. The molecule has 0 aliphatic rings. The molecule has 0 radical (unpaired) electrons. The molecular weight excluding hydrogens is 226 g/mol. The zero-order valence-corrected chi connectivity index (χ0v) is 11.9. The van der Waals surface area contributed by atoms with Crippen molar-refractivity contribution in [2.45, 2.75) is 77.6 Å². The van der Waals surface area contributed by atoms with Gasteiger partial charge in [-0.1, -0.05) is 71.1 Å². The summed E-state index contributed by atoms with van der Waals surface area (Å²) in [6.07, 6.45) is 14.6. The van der Waals surface area contributed by atoms with Crippen LogP contribution in [0.5, 0.6) is 0 Å². The van der Waals surface area contributed by atoms with Gasteiger partial charge in [0.1, 0.15) is 0 Å². The molecule has 1 N–H and O–H groups in total.